The molecule has 0 radical (unpaired) electrons. The van der Waals surface area contributed by atoms with Gasteiger partial charge < -0.3 is 9.47 Å². The number of carbonyl (C=O) groups is 1. The molecule has 1 fully saturated rings. The molecule has 25 heavy (non-hydrogen) atoms. The lowest BCUT2D eigenvalue weighted by molar-refractivity contribution is -0.138. The maximum absolute atomic E-state index is 12.9. The fourth-order valence-corrected chi connectivity index (χ4v) is 3.81. The third-order valence-corrected chi connectivity index (χ3v) is 5.24. The zero-order valence-corrected chi connectivity index (χ0v) is 15.5. The van der Waals surface area contributed by atoms with Crippen molar-refractivity contribution >= 4 is 5.91 Å². The molecule has 0 aliphatic heterocycles. The third-order valence-electron chi connectivity index (χ3n) is 5.24. The summed E-state index contributed by atoms with van der Waals surface area (Å²) in [5.74, 6) is 0.346. The molecule has 1 amide bonds. The summed E-state index contributed by atoms with van der Waals surface area (Å²) in [5.41, 5.74) is 2.52. The van der Waals surface area contributed by atoms with Gasteiger partial charge in [0.15, 0.2) is 0 Å². The number of hydrogen-bond acceptors (Lipinski definition) is 1. The highest BCUT2D eigenvalue weighted by molar-refractivity contribution is 5.78. The molecule has 1 aromatic heterocycles. The highest BCUT2D eigenvalue weighted by Gasteiger charge is 2.27. The van der Waals surface area contributed by atoms with Gasteiger partial charge in [0.2, 0.25) is 5.91 Å². The van der Waals surface area contributed by atoms with Crippen LogP contribution in [0.4, 0.5) is 0 Å². The Balaban J connectivity index is 1.77. The summed E-state index contributed by atoms with van der Waals surface area (Å²) in [5, 5.41) is 0. The predicted octanol–water partition coefficient (Wildman–Crippen LogP) is 4.85. The van der Waals surface area contributed by atoms with Gasteiger partial charge in [0.1, 0.15) is 0 Å². The average Bonchev–Trinajstić information content (AvgIpc) is 3.07. The minimum absolute atomic E-state index is 0.0551. The quantitative estimate of drug-likeness (QED) is 0.739. The number of carbonyl (C=O) groups excluding carboxylic acids is 1. The van der Waals surface area contributed by atoms with Gasteiger partial charge in [-0.25, -0.2) is 0 Å². The smallest absolute Gasteiger partial charge is 0.225 e. The van der Waals surface area contributed by atoms with Gasteiger partial charge in [0, 0.05) is 30.4 Å². The van der Waals surface area contributed by atoms with Gasteiger partial charge in [-0.15, -0.1) is 0 Å². The lowest BCUT2D eigenvalue weighted by Gasteiger charge is -2.36. The van der Waals surface area contributed by atoms with Crippen LogP contribution in [-0.2, 0) is 17.9 Å². The summed E-state index contributed by atoms with van der Waals surface area (Å²) in [7, 11) is 0. The van der Waals surface area contributed by atoms with Crippen molar-refractivity contribution in [2.75, 3.05) is 0 Å². The van der Waals surface area contributed by atoms with Crippen molar-refractivity contribution < 1.29 is 4.79 Å². The molecule has 1 aromatic carbocycles. The lowest BCUT2D eigenvalue weighted by Crippen LogP contribution is -2.43. The van der Waals surface area contributed by atoms with E-state index in [2.05, 4.69) is 52.1 Å². The topological polar surface area (TPSA) is 25.2 Å². The average molecular weight is 338 g/mol. The van der Waals surface area contributed by atoms with Crippen LogP contribution in [0.25, 0.3) is 0 Å². The summed E-state index contributed by atoms with van der Waals surface area (Å²) in [6.45, 7) is 5.61. The molecule has 3 nitrogen and oxygen atoms in total. The van der Waals surface area contributed by atoms with Gasteiger partial charge in [-0.2, -0.15) is 0 Å². The molecule has 2 aromatic rings. The standard InChI is InChI=1S/C22H30N2O/c1-18(2)22(25)24(20-12-7-4-8-13-20)17-21-14-9-15-23(21)16-19-10-5-3-6-11-19/h3,5-6,9-11,14-15,18,20H,4,7-8,12-13,16-17H2,1-2H3. The van der Waals surface area contributed by atoms with Crippen molar-refractivity contribution in [2.45, 2.75) is 65.1 Å². The molecule has 3 rings (SSSR count). The second-order valence-corrected chi connectivity index (χ2v) is 7.53. The Hall–Kier alpha value is -2.03. The molecule has 0 atom stereocenters. The van der Waals surface area contributed by atoms with Crippen molar-refractivity contribution in [3.63, 3.8) is 0 Å². The number of aromatic nitrogens is 1. The Morgan fingerprint density at radius 3 is 2.48 bits per heavy atom. The van der Waals surface area contributed by atoms with E-state index < -0.39 is 0 Å². The van der Waals surface area contributed by atoms with Crippen LogP contribution < -0.4 is 0 Å². The van der Waals surface area contributed by atoms with E-state index in [1.165, 1.54) is 30.5 Å². The van der Waals surface area contributed by atoms with E-state index in [-0.39, 0.29) is 5.92 Å². The highest BCUT2D eigenvalue weighted by atomic mass is 16.2. The molecule has 1 saturated carbocycles. The molecule has 0 bridgehead atoms. The van der Waals surface area contributed by atoms with Gasteiger partial charge in [0.25, 0.3) is 0 Å². The third kappa shape index (κ3) is 4.53. The van der Waals surface area contributed by atoms with Gasteiger partial charge in [-0.05, 0) is 30.5 Å². The molecule has 134 valence electrons. The Morgan fingerprint density at radius 2 is 1.80 bits per heavy atom. The van der Waals surface area contributed by atoms with Crippen LogP contribution in [0, 0.1) is 5.92 Å². The van der Waals surface area contributed by atoms with E-state index in [4.69, 9.17) is 0 Å². The van der Waals surface area contributed by atoms with Gasteiger partial charge >= 0.3 is 0 Å². The summed E-state index contributed by atoms with van der Waals surface area (Å²) in [6.07, 6.45) is 8.23. The van der Waals surface area contributed by atoms with Gasteiger partial charge in [-0.3, -0.25) is 4.79 Å². The van der Waals surface area contributed by atoms with Crippen molar-refractivity contribution in [3.8, 4) is 0 Å². The van der Waals surface area contributed by atoms with Crippen molar-refractivity contribution in [1.82, 2.24) is 9.47 Å². The Labute approximate surface area is 151 Å². The second kappa shape index (κ2) is 8.37. The van der Waals surface area contributed by atoms with Crippen molar-refractivity contribution in [2.24, 2.45) is 5.92 Å². The fraction of sp³-hybridized carbons (Fsp3) is 0.500. The van der Waals surface area contributed by atoms with E-state index >= 15 is 0 Å². The SMILES string of the molecule is CC(C)C(=O)N(Cc1cccn1Cc1ccccc1)C1CCCCC1. The first-order valence-corrected chi connectivity index (χ1v) is 9.63. The maximum Gasteiger partial charge on any atom is 0.225 e. The van der Waals surface area contributed by atoms with Crippen LogP contribution >= 0.6 is 0 Å². The first-order valence-electron chi connectivity index (χ1n) is 9.63. The number of nitrogens with zero attached hydrogens (tertiary/aromatic N) is 2. The van der Waals surface area contributed by atoms with Crippen LogP contribution in [0.2, 0.25) is 0 Å². The lowest BCUT2D eigenvalue weighted by atomic mass is 9.93. The van der Waals surface area contributed by atoms with Crippen LogP contribution in [0.5, 0.6) is 0 Å². The van der Waals surface area contributed by atoms with Crippen molar-refractivity contribution in [1.29, 1.82) is 0 Å². The fourth-order valence-electron chi connectivity index (χ4n) is 3.81. The summed E-state index contributed by atoms with van der Waals surface area (Å²) in [6, 6.07) is 15.2. The van der Waals surface area contributed by atoms with Crippen LogP contribution in [0.15, 0.2) is 48.7 Å². The number of hydrogen-bond donors (Lipinski definition) is 0. The Morgan fingerprint density at radius 1 is 1.08 bits per heavy atom. The summed E-state index contributed by atoms with van der Waals surface area (Å²) < 4.78 is 2.28. The van der Waals surface area contributed by atoms with E-state index in [1.807, 2.05) is 19.9 Å². The first kappa shape index (κ1) is 17.8. The highest BCUT2D eigenvalue weighted by Crippen LogP contribution is 2.26. The molecule has 0 spiro atoms. The molecular formula is C22H30N2O. The zero-order chi connectivity index (χ0) is 17.6. The normalized spacial score (nSPS) is 15.5. The minimum Gasteiger partial charge on any atom is -0.345 e. The molecule has 1 heterocycles. The first-order chi connectivity index (χ1) is 12.1. The van der Waals surface area contributed by atoms with E-state index in [0.717, 1.165) is 25.9 Å². The molecule has 0 saturated heterocycles. The van der Waals surface area contributed by atoms with E-state index in [0.29, 0.717) is 11.9 Å². The Kier molecular flexibility index (Phi) is 5.95. The largest absolute Gasteiger partial charge is 0.345 e. The van der Waals surface area contributed by atoms with Crippen LogP contribution in [0.3, 0.4) is 0 Å². The van der Waals surface area contributed by atoms with Crippen LogP contribution in [-0.4, -0.2) is 21.4 Å². The molecule has 0 unspecified atom stereocenters. The number of benzene rings is 1. The van der Waals surface area contributed by atoms with Gasteiger partial charge in [0.05, 0.1) is 6.54 Å². The Bertz CT molecular complexity index is 668. The van der Waals surface area contributed by atoms with E-state index in [1.54, 1.807) is 0 Å². The van der Waals surface area contributed by atoms with Crippen LogP contribution in [0.1, 0.15) is 57.2 Å². The van der Waals surface area contributed by atoms with Crippen molar-refractivity contribution in [3.05, 3.63) is 59.9 Å². The molecular weight excluding hydrogens is 308 g/mol. The number of amides is 1. The monoisotopic (exact) mass is 338 g/mol. The van der Waals surface area contributed by atoms with Gasteiger partial charge in [-0.1, -0.05) is 63.4 Å². The van der Waals surface area contributed by atoms with E-state index in [9.17, 15) is 4.79 Å². The molecule has 0 N–H and O–H groups in total. The molecule has 3 heteroatoms. The zero-order valence-electron chi connectivity index (χ0n) is 15.5. The number of rotatable bonds is 6. The molecule has 1 aliphatic rings. The predicted molar refractivity (Wildman–Crippen MR) is 102 cm³/mol. The summed E-state index contributed by atoms with van der Waals surface area (Å²) >= 11 is 0. The molecule has 1 aliphatic carbocycles. The minimum atomic E-state index is 0.0551. The summed E-state index contributed by atoms with van der Waals surface area (Å²) in [4.78, 5) is 15.0. The second-order valence-electron chi connectivity index (χ2n) is 7.53. The maximum atomic E-state index is 12.9.